The zero-order valence-corrected chi connectivity index (χ0v) is 9.25. The number of hydrogen-bond donors (Lipinski definition) is 2. The highest BCUT2D eigenvalue weighted by Gasteiger charge is 2.31. The largest absolute Gasteiger partial charge is 0.481 e. The van der Waals surface area contributed by atoms with Gasteiger partial charge in [0.15, 0.2) is 0 Å². The third kappa shape index (κ3) is 2.71. The molecule has 82 valence electrons. The van der Waals surface area contributed by atoms with E-state index < -0.39 is 5.97 Å². The fourth-order valence-corrected chi connectivity index (χ4v) is 2.00. The Balaban J connectivity index is 1.93. The van der Waals surface area contributed by atoms with E-state index >= 15 is 0 Å². The number of carboxylic acids is 1. The van der Waals surface area contributed by atoms with Crippen molar-refractivity contribution in [2.45, 2.75) is 30.8 Å². The van der Waals surface area contributed by atoms with Gasteiger partial charge < -0.3 is 5.11 Å². The summed E-state index contributed by atoms with van der Waals surface area (Å²) in [6.07, 6.45) is 2.53. The average molecular weight is 227 g/mol. The summed E-state index contributed by atoms with van der Waals surface area (Å²) in [6.45, 7) is 2.13. The summed E-state index contributed by atoms with van der Waals surface area (Å²) in [4.78, 5) is 14.6. The summed E-state index contributed by atoms with van der Waals surface area (Å²) < 4.78 is 0. The molecule has 0 saturated heterocycles. The van der Waals surface area contributed by atoms with E-state index in [0.29, 0.717) is 11.1 Å². The highest BCUT2D eigenvalue weighted by molar-refractivity contribution is 7.99. The zero-order chi connectivity index (χ0) is 10.8. The van der Waals surface area contributed by atoms with Gasteiger partial charge in [-0.2, -0.15) is 0 Å². The van der Waals surface area contributed by atoms with E-state index in [0.717, 1.165) is 23.5 Å². The van der Waals surface area contributed by atoms with Gasteiger partial charge in [-0.3, -0.25) is 9.89 Å². The van der Waals surface area contributed by atoms with Crippen LogP contribution >= 0.6 is 11.8 Å². The van der Waals surface area contributed by atoms with Crippen molar-refractivity contribution < 1.29 is 9.90 Å². The van der Waals surface area contributed by atoms with Crippen molar-refractivity contribution in [3.8, 4) is 0 Å². The number of aromatic nitrogens is 3. The van der Waals surface area contributed by atoms with Gasteiger partial charge in [0.1, 0.15) is 5.82 Å². The quantitative estimate of drug-likeness (QED) is 0.745. The van der Waals surface area contributed by atoms with Gasteiger partial charge in [-0.15, -0.1) is 5.10 Å². The first-order valence-corrected chi connectivity index (χ1v) is 5.92. The van der Waals surface area contributed by atoms with Crippen LogP contribution in [0.4, 0.5) is 0 Å². The first kappa shape index (κ1) is 10.5. The van der Waals surface area contributed by atoms with Crippen molar-refractivity contribution >= 4 is 17.7 Å². The van der Waals surface area contributed by atoms with E-state index in [4.69, 9.17) is 5.11 Å². The molecule has 0 spiro atoms. The lowest BCUT2D eigenvalue weighted by Crippen LogP contribution is -1.99. The Kier molecular flexibility index (Phi) is 2.95. The third-order valence-electron chi connectivity index (χ3n) is 2.57. The molecule has 0 amide bonds. The second-order valence-corrected chi connectivity index (χ2v) is 4.75. The van der Waals surface area contributed by atoms with E-state index in [2.05, 4.69) is 22.1 Å². The van der Waals surface area contributed by atoms with Gasteiger partial charge >= 0.3 is 5.97 Å². The molecule has 0 radical (unpaired) electrons. The SMILES string of the molecule is CC(c1nc(SCC(=O)O)n[nH]1)C1CC1. The fourth-order valence-electron chi connectivity index (χ4n) is 1.47. The molecule has 6 heteroatoms. The summed E-state index contributed by atoms with van der Waals surface area (Å²) >= 11 is 1.15. The van der Waals surface area contributed by atoms with Crippen molar-refractivity contribution in [1.82, 2.24) is 15.2 Å². The third-order valence-corrected chi connectivity index (χ3v) is 3.40. The molecule has 1 aromatic heterocycles. The van der Waals surface area contributed by atoms with Crippen LogP contribution in [-0.4, -0.2) is 32.0 Å². The zero-order valence-electron chi connectivity index (χ0n) is 8.43. The van der Waals surface area contributed by atoms with Crippen molar-refractivity contribution in [2.24, 2.45) is 5.92 Å². The Morgan fingerprint density at radius 2 is 2.47 bits per heavy atom. The minimum absolute atomic E-state index is 0.00903. The van der Waals surface area contributed by atoms with Crippen molar-refractivity contribution in [2.75, 3.05) is 5.75 Å². The van der Waals surface area contributed by atoms with Crippen LogP contribution in [0.2, 0.25) is 0 Å². The van der Waals surface area contributed by atoms with Gasteiger partial charge in [0.2, 0.25) is 5.16 Å². The minimum atomic E-state index is -0.846. The van der Waals surface area contributed by atoms with Gasteiger partial charge in [0.25, 0.3) is 0 Å². The molecule has 1 heterocycles. The number of nitrogens with one attached hydrogen (secondary N) is 1. The van der Waals surface area contributed by atoms with Crippen LogP contribution in [0.15, 0.2) is 5.16 Å². The molecule has 1 saturated carbocycles. The number of rotatable bonds is 5. The molecule has 5 nitrogen and oxygen atoms in total. The Morgan fingerprint density at radius 3 is 3.07 bits per heavy atom. The summed E-state index contributed by atoms with van der Waals surface area (Å²) in [5.41, 5.74) is 0. The van der Waals surface area contributed by atoms with E-state index in [1.165, 1.54) is 12.8 Å². The van der Waals surface area contributed by atoms with Gasteiger partial charge in [-0.25, -0.2) is 4.98 Å². The highest BCUT2D eigenvalue weighted by atomic mass is 32.2. The molecule has 1 unspecified atom stereocenters. The average Bonchev–Trinajstić information content (AvgIpc) is 2.93. The Hall–Kier alpha value is -1.04. The smallest absolute Gasteiger partial charge is 0.313 e. The molecule has 15 heavy (non-hydrogen) atoms. The van der Waals surface area contributed by atoms with Gasteiger partial charge in [-0.05, 0) is 18.8 Å². The summed E-state index contributed by atoms with van der Waals surface area (Å²) in [6, 6.07) is 0. The fraction of sp³-hybridized carbons (Fsp3) is 0.667. The number of carboxylic acid groups (broad SMARTS) is 1. The van der Waals surface area contributed by atoms with Crippen molar-refractivity contribution in [3.63, 3.8) is 0 Å². The lowest BCUT2D eigenvalue weighted by molar-refractivity contribution is -0.133. The van der Waals surface area contributed by atoms with Gasteiger partial charge in [-0.1, -0.05) is 18.7 Å². The molecule has 2 rings (SSSR count). The Labute approximate surface area is 91.7 Å². The lowest BCUT2D eigenvalue weighted by atomic mass is 10.1. The molecule has 1 aliphatic rings. The van der Waals surface area contributed by atoms with Gasteiger partial charge in [0.05, 0.1) is 5.75 Å². The molecule has 1 atom stereocenters. The first-order valence-electron chi connectivity index (χ1n) is 4.93. The predicted molar refractivity (Wildman–Crippen MR) is 55.9 cm³/mol. The molecule has 1 aliphatic carbocycles. The van der Waals surface area contributed by atoms with Crippen LogP contribution in [-0.2, 0) is 4.79 Å². The maximum atomic E-state index is 10.3. The second-order valence-electron chi connectivity index (χ2n) is 3.81. The van der Waals surface area contributed by atoms with Crippen molar-refractivity contribution in [1.29, 1.82) is 0 Å². The standard InChI is InChI=1S/C9H13N3O2S/c1-5(6-2-3-6)8-10-9(12-11-8)15-4-7(13)14/h5-6H,2-4H2,1H3,(H,13,14)(H,10,11,12). The molecule has 0 aromatic carbocycles. The molecule has 1 aromatic rings. The Bertz CT molecular complexity index is 362. The number of aliphatic carboxylic acids is 1. The van der Waals surface area contributed by atoms with Crippen LogP contribution in [0.1, 0.15) is 31.5 Å². The first-order chi connectivity index (χ1) is 7.16. The van der Waals surface area contributed by atoms with Crippen molar-refractivity contribution in [3.05, 3.63) is 5.82 Å². The number of carbonyl (C=O) groups is 1. The molecular weight excluding hydrogens is 214 g/mol. The van der Waals surface area contributed by atoms with Gasteiger partial charge in [0, 0.05) is 5.92 Å². The summed E-state index contributed by atoms with van der Waals surface area (Å²) in [5.74, 6) is 1.19. The second kappa shape index (κ2) is 4.22. The van der Waals surface area contributed by atoms with Crippen LogP contribution in [0.3, 0.4) is 0 Å². The van der Waals surface area contributed by atoms with Crippen LogP contribution in [0, 0.1) is 5.92 Å². The monoisotopic (exact) mass is 227 g/mol. The number of nitrogens with zero attached hydrogens (tertiary/aromatic N) is 2. The summed E-state index contributed by atoms with van der Waals surface area (Å²) in [7, 11) is 0. The number of hydrogen-bond acceptors (Lipinski definition) is 4. The van der Waals surface area contributed by atoms with Crippen LogP contribution in [0.25, 0.3) is 0 Å². The molecule has 0 aliphatic heterocycles. The van der Waals surface area contributed by atoms with Crippen LogP contribution in [0.5, 0.6) is 0 Å². The maximum absolute atomic E-state index is 10.3. The Morgan fingerprint density at radius 1 is 1.73 bits per heavy atom. The van der Waals surface area contributed by atoms with Crippen LogP contribution < -0.4 is 0 Å². The number of H-pyrrole nitrogens is 1. The molecule has 0 bridgehead atoms. The van der Waals surface area contributed by atoms with E-state index in [1.54, 1.807) is 0 Å². The lowest BCUT2D eigenvalue weighted by Gasteiger charge is -2.03. The highest BCUT2D eigenvalue weighted by Crippen LogP contribution is 2.41. The number of aromatic amines is 1. The summed E-state index contributed by atoms with van der Waals surface area (Å²) in [5, 5.41) is 15.9. The maximum Gasteiger partial charge on any atom is 0.313 e. The molecule has 2 N–H and O–H groups in total. The van der Waals surface area contributed by atoms with E-state index in [9.17, 15) is 4.79 Å². The molecule has 1 fully saturated rings. The number of thioether (sulfide) groups is 1. The molecular formula is C9H13N3O2S. The van der Waals surface area contributed by atoms with E-state index in [-0.39, 0.29) is 5.75 Å². The topological polar surface area (TPSA) is 78.9 Å². The predicted octanol–water partition coefficient (Wildman–Crippen LogP) is 1.49. The van der Waals surface area contributed by atoms with E-state index in [1.807, 2.05) is 0 Å². The minimum Gasteiger partial charge on any atom is -0.481 e. The normalized spacial score (nSPS) is 17.7.